The lowest BCUT2D eigenvalue weighted by atomic mass is 10.0. The highest BCUT2D eigenvalue weighted by Gasteiger charge is 2.23. The van der Waals surface area contributed by atoms with Crippen molar-refractivity contribution < 1.29 is 13.9 Å². The molecule has 0 bridgehead atoms. The number of benzene rings is 1. The summed E-state index contributed by atoms with van der Waals surface area (Å²) in [6, 6.07) is 5.17. The summed E-state index contributed by atoms with van der Waals surface area (Å²) in [6.07, 6.45) is 0.356. The van der Waals surface area contributed by atoms with Gasteiger partial charge >= 0.3 is 0 Å². The van der Waals surface area contributed by atoms with Crippen molar-refractivity contribution >= 4 is 15.9 Å². The van der Waals surface area contributed by atoms with E-state index in [0.29, 0.717) is 29.7 Å². The number of hydrogen-bond donors (Lipinski definition) is 1. The van der Waals surface area contributed by atoms with E-state index in [4.69, 9.17) is 9.47 Å². The summed E-state index contributed by atoms with van der Waals surface area (Å²) in [5.74, 6) is -0.232. The molecule has 1 atom stereocenters. The zero-order valence-corrected chi connectivity index (χ0v) is 11.2. The topological polar surface area (TPSA) is 30.5 Å². The number of halogens is 2. The summed E-state index contributed by atoms with van der Waals surface area (Å²) >= 11 is 3.19. The molecule has 1 aromatic rings. The van der Waals surface area contributed by atoms with Gasteiger partial charge in [-0.05, 0) is 29.0 Å². The standard InChI is InChI=1S/C12H15BrFNO2/c1-15-10(7-11-16-5-6-17-11)8-3-2-4-9(13)12(8)14/h2-4,10-11,15H,5-7H2,1H3. The first kappa shape index (κ1) is 13.0. The minimum Gasteiger partial charge on any atom is -0.350 e. The molecule has 94 valence electrons. The van der Waals surface area contributed by atoms with Crippen molar-refractivity contribution in [3.05, 3.63) is 34.1 Å². The van der Waals surface area contributed by atoms with Gasteiger partial charge in [0.05, 0.1) is 17.7 Å². The highest BCUT2D eigenvalue weighted by molar-refractivity contribution is 9.10. The van der Waals surface area contributed by atoms with Crippen LogP contribution in [0.1, 0.15) is 18.0 Å². The van der Waals surface area contributed by atoms with Gasteiger partial charge in [0.1, 0.15) is 5.82 Å². The van der Waals surface area contributed by atoms with Gasteiger partial charge in [-0.25, -0.2) is 4.39 Å². The van der Waals surface area contributed by atoms with Gasteiger partial charge in [-0.3, -0.25) is 0 Å². The maximum absolute atomic E-state index is 13.9. The fraction of sp³-hybridized carbons (Fsp3) is 0.500. The summed E-state index contributed by atoms with van der Waals surface area (Å²) in [5, 5.41) is 3.09. The summed E-state index contributed by atoms with van der Waals surface area (Å²) in [4.78, 5) is 0. The molecule has 5 heteroatoms. The molecule has 1 N–H and O–H groups in total. The Morgan fingerprint density at radius 1 is 1.47 bits per heavy atom. The molecule has 1 aromatic carbocycles. The van der Waals surface area contributed by atoms with Gasteiger partial charge in [0.15, 0.2) is 6.29 Å². The molecular weight excluding hydrogens is 289 g/mol. The lowest BCUT2D eigenvalue weighted by molar-refractivity contribution is -0.0527. The molecule has 1 unspecified atom stereocenters. The van der Waals surface area contributed by atoms with E-state index in [0.717, 1.165) is 0 Å². The minimum atomic E-state index is -0.245. The highest BCUT2D eigenvalue weighted by Crippen LogP contribution is 2.27. The third-order valence-electron chi connectivity index (χ3n) is 2.82. The average molecular weight is 304 g/mol. The van der Waals surface area contributed by atoms with Crippen LogP contribution in [-0.2, 0) is 9.47 Å². The Balaban J connectivity index is 2.13. The van der Waals surface area contributed by atoms with E-state index >= 15 is 0 Å². The van der Waals surface area contributed by atoms with Gasteiger partial charge < -0.3 is 14.8 Å². The lowest BCUT2D eigenvalue weighted by Crippen LogP contribution is -2.24. The van der Waals surface area contributed by atoms with Crippen molar-refractivity contribution in [2.45, 2.75) is 18.8 Å². The second-order valence-corrected chi connectivity index (χ2v) is 4.75. The number of nitrogens with one attached hydrogen (secondary N) is 1. The molecule has 1 fully saturated rings. The fourth-order valence-corrected chi connectivity index (χ4v) is 2.31. The highest BCUT2D eigenvalue weighted by atomic mass is 79.9. The normalized spacial score (nSPS) is 18.5. The molecule has 0 aromatic heterocycles. The minimum absolute atomic E-state index is 0.115. The van der Waals surface area contributed by atoms with E-state index < -0.39 is 0 Å². The third kappa shape index (κ3) is 3.04. The Hall–Kier alpha value is -0.490. The Bertz CT molecular complexity index is 383. The van der Waals surface area contributed by atoms with Gasteiger partial charge in [-0.15, -0.1) is 0 Å². The Morgan fingerprint density at radius 3 is 2.82 bits per heavy atom. The first-order valence-corrected chi connectivity index (χ1v) is 6.36. The third-order valence-corrected chi connectivity index (χ3v) is 3.44. The quantitative estimate of drug-likeness (QED) is 0.927. The van der Waals surface area contributed by atoms with Crippen LogP contribution < -0.4 is 5.32 Å². The van der Waals surface area contributed by atoms with Crippen LogP contribution in [0.15, 0.2) is 22.7 Å². The lowest BCUT2D eigenvalue weighted by Gasteiger charge is -2.20. The van der Waals surface area contributed by atoms with Crippen molar-refractivity contribution in [2.24, 2.45) is 0 Å². The van der Waals surface area contributed by atoms with Crippen LogP contribution in [0, 0.1) is 5.82 Å². The molecule has 0 spiro atoms. The summed E-state index contributed by atoms with van der Waals surface area (Å²) in [7, 11) is 1.81. The van der Waals surface area contributed by atoms with Crippen molar-refractivity contribution in [1.29, 1.82) is 0 Å². The summed E-state index contributed by atoms with van der Waals surface area (Å²) < 4.78 is 25.2. The van der Waals surface area contributed by atoms with Crippen molar-refractivity contribution in [1.82, 2.24) is 5.32 Å². The average Bonchev–Trinajstić information content (AvgIpc) is 2.83. The monoisotopic (exact) mass is 303 g/mol. The Labute approximate surface area is 108 Å². The van der Waals surface area contributed by atoms with Crippen LogP contribution in [0.3, 0.4) is 0 Å². The van der Waals surface area contributed by atoms with E-state index in [1.54, 1.807) is 19.2 Å². The molecule has 17 heavy (non-hydrogen) atoms. The maximum Gasteiger partial charge on any atom is 0.159 e. The second-order valence-electron chi connectivity index (χ2n) is 3.89. The molecule has 1 aliphatic rings. The number of rotatable bonds is 4. The molecule has 2 rings (SSSR count). The molecule has 0 saturated carbocycles. The van der Waals surface area contributed by atoms with Gasteiger partial charge in [-0.2, -0.15) is 0 Å². The Morgan fingerprint density at radius 2 is 2.18 bits per heavy atom. The van der Waals surface area contributed by atoms with Crippen LogP contribution in [0.4, 0.5) is 4.39 Å². The van der Waals surface area contributed by atoms with Crippen molar-refractivity contribution in [2.75, 3.05) is 20.3 Å². The van der Waals surface area contributed by atoms with Crippen LogP contribution in [0.25, 0.3) is 0 Å². The van der Waals surface area contributed by atoms with Gasteiger partial charge in [0.25, 0.3) is 0 Å². The van der Waals surface area contributed by atoms with Gasteiger partial charge in [0.2, 0.25) is 0 Å². The zero-order chi connectivity index (χ0) is 12.3. The van der Waals surface area contributed by atoms with Crippen LogP contribution >= 0.6 is 15.9 Å². The second kappa shape index (κ2) is 5.91. The summed E-state index contributed by atoms with van der Waals surface area (Å²) in [5.41, 5.74) is 0.626. The SMILES string of the molecule is CNC(CC1OCCO1)c1cccc(Br)c1F. The van der Waals surface area contributed by atoms with Crippen molar-refractivity contribution in [3.8, 4) is 0 Å². The van der Waals surface area contributed by atoms with Crippen LogP contribution in [0.2, 0.25) is 0 Å². The zero-order valence-electron chi connectivity index (χ0n) is 9.58. The smallest absolute Gasteiger partial charge is 0.159 e. The van der Waals surface area contributed by atoms with E-state index in [9.17, 15) is 4.39 Å². The van der Waals surface area contributed by atoms with Crippen molar-refractivity contribution in [3.63, 3.8) is 0 Å². The molecular formula is C12H15BrFNO2. The van der Waals surface area contributed by atoms with E-state index in [1.165, 1.54) is 0 Å². The summed E-state index contributed by atoms with van der Waals surface area (Å²) in [6.45, 7) is 1.23. The van der Waals surface area contributed by atoms with Crippen LogP contribution in [-0.4, -0.2) is 26.6 Å². The number of ether oxygens (including phenoxy) is 2. The predicted octanol–water partition coefficient (Wildman–Crippen LogP) is 2.61. The molecule has 0 radical (unpaired) electrons. The molecule has 0 aliphatic carbocycles. The fourth-order valence-electron chi connectivity index (χ4n) is 1.93. The van der Waals surface area contributed by atoms with E-state index in [-0.39, 0.29) is 18.1 Å². The molecule has 1 aliphatic heterocycles. The van der Waals surface area contributed by atoms with E-state index in [2.05, 4.69) is 21.2 Å². The molecule has 1 heterocycles. The number of hydrogen-bond acceptors (Lipinski definition) is 3. The van der Waals surface area contributed by atoms with E-state index in [1.807, 2.05) is 6.07 Å². The van der Waals surface area contributed by atoms with Gasteiger partial charge in [-0.1, -0.05) is 12.1 Å². The first-order chi connectivity index (χ1) is 8.22. The molecule has 3 nitrogen and oxygen atoms in total. The van der Waals surface area contributed by atoms with Crippen LogP contribution in [0.5, 0.6) is 0 Å². The molecule has 0 amide bonds. The van der Waals surface area contributed by atoms with Gasteiger partial charge in [0, 0.05) is 18.0 Å². The maximum atomic E-state index is 13.9. The molecule has 1 saturated heterocycles. The Kier molecular flexibility index (Phi) is 4.50. The first-order valence-electron chi connectivity index (χ1n) is 5.56. The predicted molar refractivity (Wildman–Crippen MR) is 66.2 cm³/mol. The largest absolute Gasteiger partial charge is 0.350 e.